The highest BCUT2D eigenvalue weighted by molar-refractivity contribution is 5.96. The number of halogens is 1. The lowest BCUT2D eigenvalue weighted by Gasteiger charge is -2.37. The lowest BCUT2D eigenvalue weighted by Crippen LogP contribution is -2.56. The highest BCUT2D eigenvalue weighted by atomic mass is 35.5. The Bertz CT molecular complexity index is 849. The summed E-state index contributed by atoms with van der Waals surface area (Å²) in [6.45, 7) is 0.816. The molecule has 2 aromatic rings. The second-order valence-electron chi connectivity index (χ2n) is 8.15. The summed E-state index contributed by atoms with van der Waals surface area (Å²) < 4.78 is 5.32. The monoisotopic (exact) mass is 431 g/mol. The van der Waals surface area contributed by atoms with Crippen LogP contribution in [0.3, 0.4) is 0 Å². The van der Waals surface area contributed by atoms with Crippen LogP contribution in [0.15, 0.2) is 47.1 Å². The SMILES string of the molecule is Cl.NCC(NC(=O)C1Cc2ccccc2CN1C(=O)c1ccco1)C1CCCCC1. The molecule has 1 aliphatic carbocycles. The van der Waals surface area contributed by atoms with Crippen LogP contribution in [-0.4, -0.2) is 35.3 Å². The van der Waals surface area contributed by atoms with Gasteiger partial charge >= 0.3 is 0 Å². The van der Waals surface area contributed by atoms with Crippen molar-refractivity contribution in [3.63, 3.8) is 0 Å². The Hall–Kier alpha value is -2.31. The molecule has 162 valence electrons. The number of nitrogens with zero attached hydrogens (tertiary/aromatic N) is 1. The van der Waals surface area contributed by atoms with Crippen molar-refractivity contribution in [2.24, 2.45) is 11.7 Å². The Morgan fingerprint density at radius 2 is 1.83 bits per heavy atom. The third kappa shape index (κ3) is 4.71. The van der Waals surface area contributed by atoms with Crippen molar-refractivity contribution < 1.29 is 14.0 Å². The van der Waals surface area contributed by atoms with Gasteiger partial charge in [0.05, 0.1) is 6.26 Å². The summed E-state index contributed by atoms with van der Waals surface area (Å²) in [5.74, 6) is 0.291. The lowest BCUT2D eigenvalue weighted by atomic mass is 9.83. The summed E-state index contributed by atoms with van der Waals surface area (Å²) in [6, 6.07) is 10.7. The molecule has 0 saturated heterocycles. The van der Waals surface area contributed by atoms with E-state index in [1.54, 1.807) is 17.0 Å². The van der Waals surface area contributed by atoms with Gasteiger partial charge in [-0.3, -0.25) is 9.59 Å². The summed E-state index contributed by atoms with van der Waals surface area (Å²) in [4.78, 5) is 28.0. The van der Waals surface area contributed by atoms with Crippen LogP contribution < -0.4 is 11.1 Å². The van der Waals surface area contributed by atoms with E-state index in [2.05, 4.69) is 5.32 Å². The van der Waals surface area contributed by atoms with Gasteiger partial charge in [0.2, 0.25) is 5.91 Å². The zero-order chi connectivity index (χ0) is 20.2. The Labute approximate surface area is 183 Å². The predicted octanol–water partition coefficient (Wildman–Crippen LogP) is 3.29. The van der Waals surface area contributed by atoms with Crippen molar-refractivity contribution in [2.75, 3.05) is 6.54 Å². The van der Waals surface area contributed by atoms with Gasteiger partial charge in [0.1, 0.15) is 6.04 Å². The molecule has 1 aromatic heterocycles. The maximum atomic E-state index is 13.3. The quantitative estimate of drug-likeness (QED) is 0.760. The number of nitrogens with two attached hydrogens (primary N) is 1. The molecule has 2 amide bonds. The van der Waals surface area contributed by atoms with Gasteiger partial charge in [0.15, 0.2) is 5.76 Å². The molecule has 7 heteroatoms. The number of furan rings is 1. The van der Waals surface area contributed by atoms with Crippen LogP contribution in [0.5, 0.6) is 0 Å². The molecule has 1 aromatic carbocycles. The van der Waals surface area contributed by atoms with E-state index in [9.17, 15) is 9.59 Å². The van der Waals surface area contributed by atoms with E-state index in [1.165, 1.54) is 25.5 Å². The first-order valence-corrected chi connectivity index (χ1v) is 10.6. The molecule has 3 N–H and O–H groups in total. The Balaban J connectivity index is 0.00000256. The van der Waals surface area contributed by atoms with Crippen LogP contribution >= 0.6 is 12.4 Å². The molecule has 2 aliphatic rings. The second-order valence-corrected chi connectivity index (χ2v) is 8.15. The number of amides is 2. The van der Waals surface area contributed by atoms with E-state index in [4.69, 9.17) is 10.2 Å². The summed E-state index contributed by atoms with van der Waals surface area (Å²) in [7, 11) is 0. The largest absolute Gasteiger partial charge is 0.459 e. The number of fused-ring (bicyclic) bond motifs is 1. The molecule has 1 fully saturated rings. The lowest BCUT2D eigenvalue weighted by molar-refractivity contribution is -0.127. The van der Waals surface area contributed by atoms with Gasteiger partial charge in [-0.15, -0.1) is 12.4 Å². The number of carbonyl (C=O) groups excluding carboxylic acids is 2. The highest BCUT2D eigenvalue weighted by Gasteiger charge is 2.37. The van der Waals surface area contributed by atoms with Gasteiger partial charge in [0.25, 0.3) is 5.91 Å². The molecule has 1 aliphatic heterocycles. The highest BCUT2D eigenvalue weighted by Crippen LogP contribution is 2.28. The number of carbonyl (C=O) groups is 2. The number of rotatable bonds is 5. The summed E-state index contributed by atoms with van der Waals surface area (Å²) >= 11 is 0. The Kier molecular flexibility index (Phi) is 7.56. The van der Waals surface area contributed by atoms with Crippen LogP contribution in [-0.2, 0) is 17.8 Å². The fourth-order valence-electron chi connectivity index (χ4n) is 4.70. The molecule has 30 heavy (non-hydrogen) atoms. The molecule has 2 atom stereocenters. The average Bonchev–Trinajstić information content (AvgIpc) is 3.31. The minimum atomic E-state index is -0.569. The van der Waals surface area contributed by atoms with Gasteiger partial charge in [-0.25, -0.2) is 0 Å². The van der Waals surface area contributed by atoms with Crippen molar-refractivity contribution in [1.29, 1.82) is 0 Å². The maximum absolute atomic E-state index is 13.3. The molecule has 0 bridgehead atoms. The van der Waals surface area contributed by atoms with Gasteiger partial charge < -0.3 is 20.4 Å². The minimum Gasteiger partial charge on any atom is -0.459 e. The molecular formula is C23H30ClN3O3. The van der Waals surface area contributed by atoms with E-state index >= 15 is 0 Å². The normalized spacial score (nSPS) is 20.0. The Morgan fingerprint density at radius 3 is 2.50 bits per heavy atom. The fourth-order valence-corrected chi connectivity index (χ4v) is 4.70. The molecule has 0 radical (unpaired) electrons. The first kappa shape index (κ1) is 22.4. The molecule has 6 nitrogen and oxygen atoms in total. The van der Waals surface area contributed by atoms with Crippen LogP contribution in [0.2, 0.25) is 0 Å². The van der Waals surface area contributed by atoms with Crippen LogP contribution in [0.1, 0.15) is 53.8 Å². The number of benzene rings is 1. The molecule has 1 saturated carbocycles. The van der Waals surface area contributed by atoms with Crippen molar-refractivity contribution in [3.8, 4) is 0 Å². The zero-order valence-electron chi connectivity index (χ0n) is 17.1. The van der Waals surface area contributed by atoms with E-state index in [1.807, 2.05) is 24.3 Å². The first-order chi connectivity index (χ1) is 14.2. The van der Waals surface area contributed by atoms with Gasteiger partial charge in [-0.2, -0.15) is 0 Å². The van der Waals surface area contributed by atoms with Crippen molar-refractivity contribution in [2.45, 2.75) is 57.2 Å². The van der Waals surface area contributed by atoms with E-state index in [-0.39, 0.29) is 36.0 Å². The average molecular weight is 432 g/mol. The first-order valence-electron chi connectivity index (χ1n) is 10.6. The molecule has 2 heterocycles. The summed E-state index contributed by atoms with van der Waals surface area (Å²) in [6.07, 6.45) is 7.82. The minimum absolute atomic E-state index is 0. The molecule has 4 rings (SSSR count). The summed E-state index contributed by atoms with van der Waals surface area (Å²) in [5, 5.41) is 3.18. The maximum Gasteiger partial charge on any atom is 0.290 e. The third-order valence-corrected chi connectivity index (χ3v) is 6.34. The van der Waals surface area contributed by atoms with Crippen LogP contribution in [0, 0.1) is 5.92 Å². The summed E-state index contributed by atoms with van der Waals surface area (Å²) in [5.41, 5.74) is 8.20. The van der Waals surface area contributed by atoms with E-state index in [0.29, 0.717) is 25.4 Å². The van der Waals surface area contributed by atoms with Crippen LogP contribution in [0.4, 0.5) is 0 Å². The molecular weight excluding hydrogens is 402 g/mol. The van der Waals surface area contributed by atoms with Gasteiger partial charge in [0, 0.05) is 25.6 Å². The number of hydrogen-bond donors (Lipinski definition) is 2. The molecule has 0 spiro atoms. The zero-order valence-corrected chi connectivity index (χ0v) is 17.9. The van der Waals surface area contributed by atoms with Gasteiger partial charge in [-0.1, -0.05) is 43.5 Å². The predicted molar refractivity (Wildman–Crippen MR) is 117 cm³/mol. The van der Waals surface area contributed by atoms with E-state index in [0.717, 1.165) is 24.0 Å². The van der Waals surface area contributed by atoms with Gasteiger partial charge in [-0.05, 0) is 42.0 Å². The molecule has 2 unspecified atom stereocenters. The Morgan fingerprint density at radius 1 is 1.10 bits per heavy atom. The standard InChI is InChI=1S/C23H29N3O3.ClH/c24-14-19(16-7-2-1-3-8-16)25-22(27)20-13-17-9-4-5-10-18(17)15-26(20)23(28)21-11-6-12-29-21;/h4-6,9-12,16,19-20H,1-3,7-8,13-15,24H2,(H,25,27);1H. The third-order valence-electron chi connectivity index (χ3n) is 6.34. The second kappa shape index (κ2) is 10.1. The topological polar surface area (TPSA) is 88.6 Å². The fraction of sp³-hybridized carbons (Fsp3) is 0.478. The smallest absolute Gasteiger partial charge is 0.290 e. The van der Waals surface area contributed by atoms with Crippen molar-refractivity contribution in [3.05, 3.63) is 59.5 Å². The van der Waals surface area contributed by atoms with Crippen molar-refractivity contribution in [1.82, 2.24) is 10.2 Å². The van der Waals surface area contributed by atoms with E-state index < -0.39 is 6.04 Å². The number of hydrogen-bond acceptors (Lipinski definition) is 4. The van der Waals surface area contributed by atoms with Crippen molar-refractivity contribution >= 4 is 24.2 Å². The number of nitrogens with one attached hydrogen (secondary N) is 1. The van der Waals surface area contributed by atoms with Crippen LogP contribution in [0.25, 0.3) is 0 Å².